The zero-order chi connectivity index (χ0) is 12.5. The maximum atomic E-state index is 13.4. The first kappa shape index (κ1) is 12.5. The van der Waals surface area contributed by atoms with Crippen molar-refractivity contribution in [1.82, 2.24) is 5.32 Å². The minimum Gasteiger partial charge on any atom is -0.310 e. The van der Waals surface area contributed by atoms with Gasteiger partial charge in [0.05, 0.1) is 0 Å². The van der Waals surface area contributed by atoms with Gasteiger partial charge in [-0.3, -0.25) is 0 Å². The van der Waals surface area contributed by atoms with Crippen LogP contribution in [-0.4, -0.2) is 6.04 Å². The molecule has 3 heteroatoms. The molecule has 1 fully saturated rings. The zero-order valence-electron chi connectivity index (χ0n) is 10.4. The van der Waals surface area contributed by atoms with E-state index < -0.39 is 11.6 Å². The summed E-state index contributed by atoms with van der Waals surface area (Å²) in [7, 11) is 0. The van der Waals surface area contributed by atoms with E-state index >= 15 is 0 Å². The number of halogens is 2. The Kier molecular flexibility index (Phi) is 3.48. The molecule has 1 aliphatic rings. The molecule has 1 aromatic carbocycles. The van der Waals surface area contributed by atoms with E-state index in [9.17, 15) is 8.78 Å². The fraction of sp³-hybridized carbons (Fsp3) is 0.571. The standard InChI is InChI=1S/C14H19F2N/c1-14(2)6-5-12(8-14)17-9-10-3-4-11(15)7-13(10)16/h3-4,7,12,17H,5-6,8-9H2,1-2H3. The van der Waals surface area contributed by atoms with Gasteiger partial charge in [0, 0.05) is 24.2 Å². The molecule has 17 heavy (non-hydrogen) atoms. The van der Waals surface area contributed by atoms with Crippen LogP contribution in [0.5, 0.6) is 0 Å². The second-order valence-corrected chi connectivity index (χ2v) is 5.72. The molecular formula is C14H19F2N. The number of hydrogen-bond acceptors (Lipinski definition) is 1. The van der Waals surface area contributed by atoms with Gasteiger partial charge in [-0.1, -0.05) is 19.9 Å². The molecule has 1 unspecified atom stereocenters. The van der Waals surface area contributed by atoms with Crippen LogP contribution in [0.3, 0.4) is 0 Å². The number of hydrogen-bond donors (Lipinski definition) is 1. The molecule has 0 amide bonds. The molecule has 0 aliphatic heterocycles. The van der Waals surface area contributed by atoms with E-state index in [0.29, 0.717) is 23.6 Å². The normalized spacial score (nSPS) is 22.9. The number of nitrogens with one attached hydrogen (secondary N) is 1. The third-order valence-corrected chi connectivity index (χ3v) is 3.56. The van der Waals surface area contributed by atoms with E-state index in [1.54, 1.807) is 0 Å². The summed E-state index contributed by atoms with van der Waals surface area (Å²) in [5, 5.41) is 3.35. The van der Waals surface area contributed by atoms with E-state index in [2.05, 4.69) is 19.2 Å². The lowest BCUT2D eigenvalue weighted by Crippen LogP contribution is -2.27. The summed E-state index contributed by atoms with van der Waals surface area (Å²) in [5.41, 5.74) is 0.926. The number of benzene rings is 1. The number of rotatable bonds is 3. The second kappa shape index (κ2) is 4.73. The van der Waals surface area contributed by atoms with Crippen LogP contribution in [0.1, 0.15) is 38.7 Å². The molecule has 1 saturated carbocycles. The minimum absolute atomic E-state index is 0.388. The van der Waals surface area contributed by atoms with Gasteiger partial charge in [0.15, 0.2) is 0 Å². The van der Waals surface area contributed by atoms with E-state index in [-0.39, 0.29) is 0 Å². The third-order valence-electron chi connectivity index (χ3n) is 3.56. The molecule has 1 aromatic rings. The SMILES string of the molecule is CC1(C)CCC(NCc2ccc(F)cc2F)C1. The van der Waals surface area contributed by atoms with Crippen molar-refractivity contribution in [2.75, 3.05) is 0 Å². The predicted molar refractivity (Wildman–Crippen MR) is 64.6 cm³/mol. The van der Waals surface area contributed by atoms with Gasteiger partial charge in [-0.2, -0.15) is 0 Å². The van der Waals surface area contributed by atoms with E-state index in [1.165, 1.54) is 18.6 Å². The molecule has 0 radical (unpaired) electrons. The maximum absolute atomic E-state index is 13.4. The average molecular weight is 239 g/mol. The Balaban J connectivity index is 1.90. The summed E-state index contributed by atoms with van der Waals surface area (Å²) in [6, 6.07) is 4.21. The first-order chi connectivity index (χ1) is 7.96. The van der Waals surface area contributed by atoms with Gasteiger partial charge in [-0.05, 0) is 30.7 Å². The van der Waals surface area contributed by atoms with E-state index in [0.717, 1.165) is 18.9 Å². The topological polar surface area (TPSA) is 12.0 Å². The van der Waals surface area contributed by atoms with Gasteiger partial charge in [-0.25, -0.2) is 8.78 Å². The first-order valence-corrected chi connectivity index (χ1v) is 6.14. The highest BCUT2D eigenvalue weighted by Crippen LogP contribution is 2.36. The third kappa shape index (κ3) is 3.25. The van der Waals surface area contributed by atoms with Crippen LogP contribution in [0.25, 0.3) is 0 Å². The Morgan fingerprint density at radius 2 is 2.12 bits per heavy atom. The molecule has 94 valence electrons. The quantitative estimate of drug-likeness (QED) is 0.849. The Morgan fingerprint density at radius 1 is 1.35 bits per heavy atom. The van der Waals surface area contributed by atoms with Crippen LogP contribution < -0.4 is 5.32 Å². The summed E-state index contributed by atoms with van der Waals surface area (Å²) < 4.78 is 26.1. The molecule has 0 aromatic heterocycles. The molecule has 0 bridgehead atoms. The molecule has 0 saturated heterocycles. The van der Waals surface area contributed by atoms with Crippen molar-refractivity contribution in [2.45, 2.75) is 45.7 Å². The fourth-order valence-electron chi connectivity index (χ4n) is 2.53. The van der Waals surface area contributed by atoms with E-state index in [1.807, 2.05) is 0 Å². The highest BCUT2D eigenvalue weighted by molar-refractivity contribution is 5.18. The fourth-order valence-corrected chi connectivity index (χ4v) is 2.53. The highest BCUT2D eigenvalue weighted by Gasteiger charge is 2.30. The van der Waals surface area contributed by atoms with Crippen molar-refractivity contribution in [3.8, 4) is 0 Å². The molecular weight excluding hydrogens is 220 g/mol. The van der Waals surface area contributed by atoms with Crippen LogP contribution in [0.15, 0.2) is 18.2 Å². The maximum Gasteiger partial charge on any atom is 0.130 e. The van der Waals surface area contributed by atoms with Crippen LogP contribution in [0.2, 0.25) is 0 Å². The molecule has 1 aliphatic carbocycles. The predicted octanol–water partition coefficient (Wildman–Crippen LogP) is 3.63. The van der Waals surface area contributed by atoms with Crippen LogP contribution in [-0.2, 0) is 6.54 Å². The van der Waals surface area contributed by atoms with Gasteiger partial charge in [0.2, 0.25) is 0 Å². The molecule has 1 nitrogen and oxygen atoms in total. The Morgan fingerprint density at radius 3 is 2.71 bits per heavy atom. The monoisotopic (exact) mass is 239 g/mol. The minimum atomic E-state index is -0.520. The summed E-state index contributed by atoms with van der Waals surface area (Å²) in [6.45, 7) is 4.99. The van der Waals surface area contributed by atoms with Gasteiger partial charge in [-0.15, -0.1) is 0 Å². The Hall–Kier alpha value is -0.960. The zero-order valence-corrected chi connectivity index (χ0v) is 10.4. The Labute approximate surface area is 101 Å². The van der Waals surface area contributed by atoms with Crippen molar-refractivity contribution in [3.05, 3.63) is 35.4 Å². The van der Waals surface area contributed by atoms with Crippen molar-refractivity contribution in [2.24, 2.45) is 5.41 Å². The molecule has 1 N–H and O–H groups in total. The molecule has 2 rings (SSSR count). The summed E-state index contributed by atoms with van der Waals surface area (Å²) in [4.78, 5) is 0. The van der Waals surface area contributed by atoms with Gasteiger partial charge >= 0.3 is 0 Å². The van der Waals surface area contributed by atoms with Crippen molar-refractivity contribution in [3.63, 3.8) is 0 Å². The van der Waals surface area contributed by atoms with Gasteiger partial charge in [0.25, 0.3) is 0 Å². The van der Waals surface area contributed by atoms with Gasteiger partial charge < -0.3 is 5.32 Å². The summed E-state index contributed by atoms with van der Waals surface area (Å²) in [5.74, 6) is -0.983. The highest BCUT2D eigenvalue weighted by atomic mass is 19.1. The lowest BCUT2D eigenvalue weighted by Gasteiger charge is -2.18. The summed E-state index contributed by atoms with van der Waals surface area (Å²) >= 11 is 0. The second-order valence-electron chi connectivity index (χ2n) is 5.72. The largest absolute Gasteiger partial charge is 0.310 e. The first-order valence-electron chi connectivity index (χ1n) is 6.14. The molecule has 1 atom stereocenters. The molecule has 0 spiro atoms. The smallest absolute Gasteiger partial charge is 0.130 e. The Bertz CT molecular complexity index is 401. The average Bonchev–Trinajstić information content (AvgIpc) is 2.57. The van der Waals surface area contributed by atoms with Crippen molar-refractivity contribution in [1.29, 1.82) is 0 Å². The van der Waals surface area contributed by atoms with E-state index in [4.69, 9.17) is 0 Å². The van der Waals surface area contributed by atoms with Crippen molar-refractivity contribution < 1.29 is 8.78 Å². The lowest BCUT2D eigenvalue weighted by atomic mass is 9.92. The lowest BCUT2D eigenvalue weighted by molar-refractivity contribution is 0.363. The van der Waals surface area contributed by atoms with Crippen molar-refractivity contribution >= 4 is 0 Å². The van der Waals surface area contributed by atoms with Crippen LogP contribution >= 0.6 is 0 Å². The summed E-state index contributed by atoms with van der Waals surface area (Å²) in [6.07, 6.45) is 3.46. The van der Waals surface area contributed by atoms with Crippen LogP contribution in [0, 0.1) is 17.0 Å². The van der Waals surface area contributed by atoms with Crippen LogP contribution in [0.4, 0.5) is 8.78 Å². The molecule has 0 heterocycles. The van der Waals surface area contributed by atoms with Gasteiger partial charge in [0.1, 0.15) is 11.6 Å².